The Balaban J connectivity index is 2.31. The number of hydrogen-bond donors (Lipinski definition) is 0. The zero-order chi connectivity index (χ0) is 25.8. The highest BCUT2D eigenvalue weighted by Gasteiger charge is 2.41. The molecule has 0 aliphatic rings. The molecule has 0 radical (unpaired) electrons. The van der Waals surface area contributed by atoms with Crippen molar-refractivity contribution in [1.29, 1.82) is 0 Å². The molecule has 0 aliphatic carbocycles. The first-order valence-corrected chi connectivity index (χ1v) is 10.9. The van der Waals surface area contributed by atoms with Gasteiger partial charge in [0, 0.05) is 6.07 Å². The van der Waals surface area contributed by atoms with E-state index in [4.69, 9.17) is 14.2 Å². The maximum absolute atomic E-state index is 14.5. The van der Waals surface area contributed by atoms with Crippen molar-refractivity contribution in [2.24, 2.45) is 5.92 Å². The van der Waals surface area contributed by atoms with Crippen molar-refractivity contribution in [1.82, 2.24) is 0 Å². The molecule has 0 aromatic heterocycles. The average molecular weight is 490 g/mol. The van der Waals surface area contributed by atoms with Crippen LogP contribution in [0.25, 0.3) is 11.1 Å². The first-order chi connectivity index (χ1) is 16.5. The van der Waals surface area contributed by atoms with E-state index in [-0.39, 0.29) is 29.4 Å². The summed E-state index contributed by atoms with van der Waals surface area (Å²) >= 11 is 0. The maximum atomic E-state index is 14.5. The van der Waals surface area contributed by atoms with Gasteiger partial charge in [-0.2, -0.15) is 13.2 Å². The third-order valence-corrected chi connectivity index (χ3v) is 5.44. The van der Waals surface area contributed by atoms with E-state index in [0.717, 1.165) is 19.2 Å². The van der Waals surface area contributed by atoms with E-state index < -0.39 is 35.2 Å². The number of methoxy groups -OCH3 is 2. The SMILES string of the molecule is COC(=O)C(CC(C)C)c1cc(-c2ccccc2)cc(Oc2ccc(F)c(OC)c2)c1C(F)(F)F. The number of halogens is 4. The second-order valence-corrected chi connectivity index (χ2v) is 8.41. The lowest BCUT2D eigenvalue weighted by Crippen LogP contribution is -2.21. The lowest BCUT2D eigenvalue weighted by Gasteiger charge is -2.25. The van der Waals surface area contributed by atoms with Crippen molar-refractivity contribution in [2.45, 2.75) is 32.4 Å². The minimum absolute atomic E-state index is 0.0524. The van der Waals surface area contributed by atoms with Gasteiger partial charge in [-0.3, -0.25) is 4.79 Å². The Morgan fingerprint density at radius 3 is 2.17 bits per heavy atom. The van der Waals surface area contributed by atoms with Gasteiger partial charge in [0.1, 0.15) is 17.1 Å². The third kappa shape index (κ3) is 6.12. The maximum Gasteiger partial charge on any atom is 0.420 e. The van der Waals surface area contributed by atoms with Gasteiger partial charge in [0.25, 0.3) is 0 Å². The average Bonchev–Trinajstić information content (AvgIpc) is 2.82. The van der Waals surface area contributed by atoms with Gasteiger partial charge in [-0.15, -0.1) is 0 Å². The Bertz CT molecular complexity index is 1170. The second kappa shape index (κ2) is 10.8. The van der Waals surface area contributed by atoms with Crippen LogP contribution in [0.5, 0.6) is 17.2 Å². The van der Waals surface area contributed by atoms with Gasteiger partial charge in [-0.25, -0.2) is 4.39 Å². The number of esters is 1. The Kier molecular flexibility index (Phi) is 8.04. The van der Waals surface area contributed by atoms with Gasteiger partial charge in [0.05, 0.1) is 20.1 Å². The van der Waals surface area contributed by atoms with Crippen LogP contribution in [0, 0.1) is 11.7 Å². The van der Waals surface area contributed by atoms with Crippen molar-refractivity contribution in [3.8, 4) is 28.4 Å². The molecule has 8 heteroatoms. The molecule has 4 nitrogen and oxygen atoms in total. The lowest BCUT2D eigenvalue weighted by molar-refractivity contribution is -0.144. The summed E-state index contributed by atoms with van der Waals surface area (Å²) in [6, 6.07) is 14.8. The van der Waals surface area contributed by atoms with Crippen LogP contribution in [0.4, 0.5) is 17.6 Å². The molecule has 3 aromatic carbocycles. The van der Waals surface area contributed by atoms with Gasteiger partial charge >= 0.3 is 12.1 Å². The topological polar surface area (TPSA) is 44.8 Å². The van der Waals surface area contributed by atoms with Gasteiger partial charge in [0.2, 0.25) is 0 Å². The number of carbonyl (C=O) groups is 1. The van der Waals surface area contributed by atoms with Gasteiger partial charge < -0.3 is 14.2 Å². The molecule has 0 heterocycles. The Hall–Kier alpha value is -3.55. The van der Waals surface area contributed by atoms with Crippen molar-refractivity contribution >= 4 is 5.97 Å². The first kappa shape index (κ1) is 26.1. The molecule has 35 heavy (non-hydrogen) atoms. The molecule has 1 unspecified atom stereocenters. The summed E-state index contributed by atoms with van der Waals surface area (Å²) in [6.07, 6.45) is -4.72. The fraction of sp³-hybridized carbons (Fsp3) is 0.296. The Morgan fingerprint density at radius 2 is 1.60 bits per heavy atom. The van der Waals surface area contributed by atoms with Crippen molar-refractivity contribution in [2.75, 3.05) is 14.2 Å². The quantitative estimate of drug-likeness (QED) is 0.241. The third-order valence-electron chi connectivity index (χ3n) is 5.44. The molecule has 0 spiro atoms. The molecular formula is C27H26F4O4. The molecule has 1 atom stereocenters. The fourth-order valence-corrected chi connectivity index (χ4v) is 3.89. The number of hydrogen-bond acceptors (Lipinski definition) is 4. The molecule has 0 saturated heterocycles. The van der Waals surface area contributed by atoms with Crippen LogP contribution < -0.4 is 9.47 Å². The molecular weight excluding hydrogens is 464 g/mol. The van der Waals surface area contributed by atoms with Crippen LogP contribution >= 0.6 is 0 Å². The van der Waals surface area contributed by atoms with Crippen molar-refractivity contribution < 1.29 is 36.6 Å². The number of rotatable bonds is 8. The molecule has 186 valence electrons. The molecule has 0 N–H and O–H groups in total. The largest absolute Gasteiger partial charge is 0.494 e. The monoisotopic (exact) mass is 490 g/mol. The van der Waals surface area contributed by atoms with E-state index in [1.54, 1.807) is 30.3 Å². The van der Waals surface area contributed by atoms with E-state index >= 15 is 0 Å². The minimum atomic E-state index is -4.85. The second-order valence-electron chi connectivity index (χ2n) is 8.41. The molecule has 0 fully saturated rings. The molecule has 0 saturated carbocycles. The van der Waals surface area contributed by atoms with E-state index in [0.29, 0.717) is 11.1 Å². The zero-order valence-corrected chi connectivity index (χ0v) is 19.8. The van der Waals surface area contributed by atoms with E-state index in [1.807, 2.05) is 13.8 Å². The predicted octanol–water partition coefficient (Wildman–Crippen LogP) is 7.62. The number of ether oxygens (including phenoxy) is 3. The van der Waals surface area contributed by atoms with E-state index in [9.17, 15) is 22.4 Å². The highest BCUT2D eigenvalue weighted by molar-refractivity contribution is 5.81. The zero-order valence-electron chi connectivity index (χ0n) is 19.8. The smallest absolute Gasteiger partial charge is 0.420 e. The highest BCUT2D eigenvalue weighted by Crippen LogP contribution is 2.46. The number of alkyl halides is 3. The summed E-state index contributed by atoms with van der Waals surface area (Å²) in [6.45, 7) is 3.62. The van der Waals surface area contributed by atoms with Crippen LogP contribution in [0.15, 0.2) is 60.7 Å². The number of carbonyl (C=O) groups excluding carboxylic acids is 1. The standard InChI is InChI=1S/C27H26F4O4/c1-16(2)12-21(26(32)34-4)20-13-18(17-8-6-5-7-9-17)14-24(25(20)27(29,30)31)35-19-10-11-22(28)23(15-19)33-3/h5-11,13-16,21H,12H2,1-4H3. The summed E-state index contributed by atoms with van der Waals surface area (Å²) < 4.78 is 72.9. The summed E-state index contributed by atoms with van der Waals surface area (Å²) in [5.74, 6) is -3.47. The summed E-state index contributed by atoms with van der Waals surface area (Å²) in [5, 5.41) is 0. The molecule has 0 amide bonds. The summed E-state index contributed by atoms with van der Waals surface area (Å²) in [5.41, 5.74) is -0.271. The predicted molar refractivity (Wildman–Crippen MR) is 124 cm³/mol. The Morgan fingerprint density at radius 1 is 0.914 bits per heavy atom. The van der Waals surface area contributed by atoms with Gasteiger partial charge in [-0.1, -0.05) is 44.2 Å². The molecule has 0 aliphatic heterocycles. The summed E-state index contributed by atoms with van der Waals surface area (Å²) in [7, 11) is 2.39. The van der Waals surface area contributed by atoms with Crippen LogP contribution in [-0.4, -0.2) is 20.2 Å². The number of benzene rings is 3. The molecule has 3 rings (SSSR count). The fourth-order valence-electron chi connectivity index (χ4n) is 3.89. The first-order valence-electron chi connectivity index (χ1n) is 10.9. The highest BCUT2D eigenvalue weighted by atomic mass is 19.4. The van der Waals surface area contributed by atoms with E-state index in [1.165, 1.54) is 25.3 Å². The van der Waals surface area contributed by atoms with Gasteiger partial charge in [0.15, 0.2) is 11.6 Å². The van der Waals surface area contributed by atoms with Crippen LogP contribution in [0.3, 0.4) is 0 Å². The van der Waals surface area contributed by atoms with Crippen molar-refractivity contribution in [3.63, 3.8) is 0 Å². The minimum Gasteiger partial charge on any atom is -0.494 e. The van der Waals surface area contributed by atoms with Crippen molar-refractivity contribution in [3.05, 3.63) is 77.6 Å². The van der Waals surface area contributed by atoms with Crippen LogP contribution in [0.2, 0.25) is 0 Å². The Labute approximate surface area is 201 Å². The molecule has 3 aromatic rings. The summed E-state index contributed by atoms with van der Waals surface area (Å²) in [4.78, 5) is 12.7. The lowest BCUT2D eigenvalue weighted by atomic mass is 9.85. The normalized spacial score (nSPS) is 12.4. The molecule has 0 bridgehead atoms. The van der Waals surface area contributed by atoms with Gasteiger partial charge in [-0.05, 0) is 53.3 Å². The van der Waals surface area contributed by atoms with Crippen LogP contribution in [-0.2, 0) is 15.7 Å². The van der Waals surface area contributed by atoms with Crippen LogP contribution in [0.1, 0.15) is 37.3 Å². The van der Waals surface area contributed by atoms with E-state index in [2.05, 4.69) is 0 Å².